The number of aldehydes is 1. The Bertz CT molecular complexity index is 321. The van der Waals surface area contributed by atoms with Crippen LogP contribution in [0.15, 0.2) is 0 Å². The van der Waals surface area contributed by atoms with Gasteiger partial charge in [-0.3, -0.25) is 4.52 Å². The van der Waals surface area contributed by atoms with E-state index in [2.05, 4.69) is 4.52 Å². The van der Waals surface area contributed by atoms with Gasteiger partial charge in [0.05, 0.1) is 12.7 Å². The van der Waals surface area contributed by atoms with Crippen LogP contribution in [0, 0.1) is 0 Å². The van der Waals surface area contributed by atoms with Crippen LogP contribution in [0.1, 0.15) is 6.42 Å². The van der Waals surface area contributed by atoms with Gasteiger partial charge in [0.1, 0.15) is 30.7 Å². The van der Waals surface area contributed by atoms with Crippen molar-refractivity contribution in [2.24, 2.45) is 0 Å². The molecule has 0 amide bonds. The van der Waals surface area contributed by atoms with E-state index >= 15 is 0 Å². The molecule has 0 aliphatic carbocycles. The highest BCUT2D eigenvalue weighted by molar-refractivity contribution is 7.24. The normalized spacial score (nSPS) is 37.7. The fourth-order valence-electron chi connectivity index (χ4n) is 1.59. The molecular weight excluding hydrogens is 255 g/mol. The summed E-state index contributed by atoms with van der Waals surface area (Å²) in [5.41, 5.74) is 0. The standard InChI is InChI=1S/C8H13O8P/c9-2-1-4-6(10)8(12)7(11)5(16-4)3-15-17(13)14/h2,4-8,10-12H,1,3H2/t4-,5?,6?,7-,8+/m0/s1. The van der Waals surface area contributed by atoms with Gasteiger partial charge in [0.15, 0.2) is 0 Å². The van der Waals surface area contributed by atoms with Gasteiger partial charge in [-0.05, 0) is 0 Å². The van der Waals surface area contributed by atoms with Gasteiger partial charge in [0.25, 0.3) is 0 Å². The van der Waals surface area contributed by atoms with E-state index < -0.39 is 45.0 Å². The molecule has 0 saturated carbocycles. The number of hydrogen-bond acceptors (Lipinski definition) is 8. The molecule has 8 nitrogen and oxygen atoms in total. The molecule has 0 aromatic rings. The van der Waals surface area contributed by atoms with Crippen molar-refractivity contribution in [2.75, 3.05) is 6.61 Å². The Kier molecular flexibility index (Phi) is 5.38. The summed E-state index contributed by atoms with van der Waals surface area (Å²) in [6.45, 7) is -0.487. The van der Waals surface area contributed by atoms with Crippen LogP contribution < -0.4 is 0 Å². The number of carbonyl (C=O) groups is 1. The van der Waals surface area contributed by atoms with Crippen molar-refractivity contribution >= 4 is 14.2 Å². The summed E-state index contributed by atoms with van der Waals surface area (Å²) < 4.78 is 29.8. The summed E-state index contributed by atoms with van der Waals surface area (Å²) in [6, 6.07) is 0. The molecule has 0 radical (unpaired) electrons. The number of aliphatic hydroxyl groups is 3. The second-order valence-electron chi connectivity index (χ2n) is 3.61. The van der Waals surface area contributed by atoms with Gasteiger partial charge in [-0.2, -0.15) is 0 Å². The van der Waals surface area contributed by atoms with Crippen molar-refractivity contribution in [3.63, 3.8) is 0 Å². The number of rotatable bonds is 5. The van der Waals surface area contributed by atoms with Crippen LogP contribution in [0.25, 0.3) is 0 Å². The van der Waals surface area contributed by atoms with E-state index in [4.69, 9.17) is 4.74 Å². The van der Waals surface area contributed by atoms with Crippen LogP contribution in [0.3, 0.4) is 0 Å². The third-order valence-electron chi connectivity index (χ3n) is 2.48. The molecule has 0 aromatic heterocycles. The largest absolute Gasteiger partial charge is 0.468 e. The molecule has 5 atom stereocenters. The monoisotopic (exact) mass is 268 g/mol. The van der Waals surface area contributed by atoms with Crippen LogP contribution in [0.2, 0.25) is 0 Å². The van der Waals surface area contributed by atoms with E-state index in [1.165, 1.54) is 0 Å². The zero-order chi connectivity index (χ0) is 13.0. The summed E-state index contributed by atoms with van der Waals surface area (Å²) in [5.74, 6) is 0. The SMILES string of the molecule is O=CC[C@@H]1OC(COP(=O)=O)[C@H](O)[C@H](O)C1O. The molecule has 1 fully saturated rings. The smallest absolute Gasteiger partial charge is 0.388 e. The van der Waals surface area contributed by atoms with Gasteiger partial charge < -0.3 is 24.9 Å². The van der Waals surface area contributed by atoms with E-state index in [0.29, 0.717) is 6.29 Å². The summed E-state index contributed by atoms with van der Waals surface area (Å²) in [7, 11) is -3.10. The summed E-state index contributed by atoms with van der Waals surface area (Å²) in [4.78, 5) is 10.3. The van der Waals surface area contributed by atoms with E-state index in [1.807, 2.05) is 0 Å². The third kappa shape index (κ3) is 3.67. The first-order valence-corrected chi connectivity index (χ1v) is 5.97. The van der Waals surface area contributed by atoms with Gasteiger partial charge >= 0.3 is 7.91 Å². The van der Waals surface area contributed by atoms with Crippen LogP contribution >= 0.6 is 7.91 Å². The average Bonchev–Trinajstić information content (AvgIpc) is 2.28. The lowest BCUT2D eigenvalue weighted by Crippen LogP contribution is -2.58. The number of aliphatic hydroxyl groups excluding tert-OH is 3. The lowest BCUT2D eigenvalue weighted by Gasteiger charge is -2.39. The molecule has 9 heteroatoms. The maximum Gasteiger partial charge on any atom is 0.468 e. The zero-order valence-corrected chi connectivity index (χ0v) is 9.60. The molecule has 1 saturated heterocycles. The predicted octanol–water partition coefficient (Wildman–Crippen LogP) is -1.47. The molecule has 0 spiro atoms. The van der Waals surface area contributed by atoms with Crippen molar-refractivity contribution in [1.82, 2.24) is 0 Å². The van der Waals surface area contributed by atoms with Gasteiger partial charge in [-0.25, -0.2) is 9.13 Å². The number of carbonyl (C=O) groups excluding carboxylic acids is 1. The lowest BCUT2D eigenvalue weighted by atomic mass is 9.94. The minimum absolute atomic E-state index is 0.176. The van der Waals surface area contributed by atoms with Gasteiger partial charge in [-0.1, -0.05) is 0 Å². The van der Waals surface area contributed by atoms with Crippen LogP contribution in [-0.2, 0) is 23.2 Å². The van der Waals surface area contributed by atoms with Gasteiger partial charge in [0.2, 0.25) is 0 Å². The molecule has 1 heterocycles. The van der Waals surface area contributed by atoms with E-state index in [9.17, 15) is 29.2 Å². The fourth-order valence-corrected chi connectivity index (χ4v) is 1.86. The Morgan fingerprint density at radius 1 is 1.12 bits per heavy atom. The Balaban J connectivity index is 2.66. The topological polar surface area (TPSA) is 130 Å². The molecule has 0 bridgehead atoms. The third-order valence-corrected chi connectivity index (χ3v) is 2.84. The Morgan fingerprint density at radius 3 is 2.24 bits per heavy atom. The molecular formula is C8H13O8P. The number of hydrogen-bond donors (Lipinski definition) is 3. The molecule has 0 aromatic carbocycles. The van der Waals surface area contributed by atoms with E-state index in [-0.39, 0.29) is 6.42 Å². The first kappa shape index (κ1) is 14.4. The molecule has 1 aliphatic rings. The number of ether oxygens (including phenoxy) is 1. The first-order chi connectivity index (χ1) is 7.97. The molecule has 1 aliphatic heterocycles. The van der Waals surface area contributed by atoms with Gasteiger partial charge in [-0.15, -0.1) is 0 Å². The predicted molar refractivity (Wildman–Crippen MR) is 51.6 cm³/mol. The minimum Gasteiger partial charge on any atom is -0.388 e. The van der Waals surface area contributed by atoms with Crippen LogP contribution in [-0.4, -0.2) is 58.7 Å². The van der Waals surface area contributed by atoms with Crippen LogP contribution in [0.5, 0.6) is 0 Å². The fraction of sp³-hybridized carbons (Fsp3) is 0.875. The Hall–Kier alpha value is -0.630. The van der Waals surface area contributed by atoms with Crippen LogP contribution in [0.4, 0.5) is 0 Å². The summed E-state index contributed by atoms with van der Waals surface area (Å²) in [5, 5.41) is 28.5. The Labute approximate surface area is 97.1 Å². The molecule has 98 valence electrons. The second-order valence-corrected chi connectivity index (χ2v) is 4.31. The lowest BCUT2D eigenvalue weighted by molar-refractivity contribution is -0.226. The van der Waals surface area contributed by atoms with E-state index in [0.717, 1.165) is 0 Å². The van der Waals surface area contributed by atoms with E-state index in [1.54, 1.807) is 0 Å². The highest BCUT2D eigenvalue weighted by Crippen LogP contribution is 2.24. The second kappa shape index (κ2) is 6.34. The molecule has 1 rings (SSSR count). The average molecular weight is 268 g/mol. The maximum atomic E-state index is 10.3. The highest BCUT2D eigenvalue weighted by Gasteiger charge is 2.43. The highest BCUT2D eigenvalue weighted by atomic mass is 31.1. The van der Waals surface area contributed by atoms with Crippen molar-refractivity contribution in [3.8, 4) is 0 Å². The molecule has 17 heavy (non-hydrogen) atoms. The summed E-state index contributed by atoms with van der Waals surface area (Å²) >= 11 is 0. The molecule has 2 unspecified atom stereocenters. The Morgan fingerprint density at radius 2 is 1.71 bits per heavy atom. The van der Waals surface area contributed by atoms with Crippen molar-refractivity contribution in [3.05, 3.63) is 0 Å². The van der Waals surface area contributed by atoms with Crippen molar-refractivity contribution < 1.29 is 38.5 Å². The quantitative estimate of drug-likeness (QED) is 0.407. The minimum atomic E-state index is -3.10. The first-order valence-electron chi connectivity index (χ1n) is 4.88. The van der Waals surface area contributed by atoms with Gasteiger partial charge in [0, 0.05) is 6.42 Å². The van der Waals surface area contributed by atoms with Crippen molar-refractivity contribution in [1.29, 1.82) is 0 Å². The molecule has 3 N–H and O–H groups in total. The maximum absolute atomic E-state index is 10.3. The zero-order valence-electron chi connectivity index (χ0n) is 8.71. The van der Waals surface area contributed by atoms with Crippen molar-refractivity contribution in [2.45, 2.75) is 36.9 Å². The summed E-state index contributed by atoms with van der Waals surface area (Å²) in [6.07, 6.45) is -6.22.